The quantitative estimate of drug-likeness (QED) is 0.833. The third-order valence-electron chi connectivity index (χ3n) is 4.46. The zero-order valence-corrected chi connectivity index (χ0v) is 16.4. The Labute approximate surface area is 164 Å². The zero-order chi connectivity index (χ0) is 19.4. The molecule has 0 radical (unpaired) electrons. The Morgan fingerprint density at radius 2 is 1.74 bits per heavy atom. The highest BCUT2D eigenvalue weighted by atomic mass is 35.5. The Morgan fingerprint density at radius 3 is 2.37 bits per heavy atom. The van der Waals surface area contributed by atoms with Crippen molar-refractivity contribution in [2.45, 2.75) is 32.9 Å². The lowest BCUT2D eigenvalue weighted by molar-refractivity contribution is 0.0943. The van der Waals surface area contributed by atoms with E-state index in [1.54, 1.807) is 17.0 Å². The summed E-state index contributed by atoms with van der Waals surface area (Å²) in [6.07, 6.45) is 0.898. The Morgan fingerprint density at radius 1 is 1.07 bits per heavy atom. The van der Waals surface area contributed by atoms with Crippen LogP contribution in [0.2, 0.25) is 5.02 Å². The zero-order valence-electron chi connectivity index (χ0n) is 15.6. The number of nitrogens with one attached hydrogen (secondary N) is 1. The van der Waals surface area contributed by atoms with Crippen molar-refractivity contribution in [1.29, 1.82) is 0 Å². The molecule has 2 aromatic carbocycles. The summed E-state index contributed by atoms with van der Waals surface area (Å²) in [5.41, 5.74) is 2.45. The van der Waals surface area contributed by atoms with Crippen LogP contribution in [0.3, 0.4) is 0 Å². The van der Waals surface area contributed by atoms with Gasteiger partial charge in [0.1, 0.15) is 0 Å². The number of hydrogen-bond donors (Lipinski definition) is 1. The first-order chi connectivity index (χ1) is 12.9. The maximum absolute atomic E-state index is 12.9. The molecule has 1 aliphatic rings. The third-order valence-corrected chi connectivity index (χ3v) is 4.71. The minimum Gasteiger partial charge on any atom is -0.350 e. The van der Waals surface area contributed by atoms with Crippen molar-refractivity contribution in [2.24, 2.45) is 0 Å². The number of amides is 3. The molecule has 27 heavy (non-hydrogen) atoms. The molecule has 142 valence electrons. The Kier molecular flexibility index (Phi) is 6.01. The SMILES string of the molecule is CC(C)NC(=O)c1ccc(N2CCCN(Cc3ccc(Cl)cc3)C2=O)cc1. The van der Waals surface area contributed by atoms with Crippen LogP contribution in [0.25, 0.3) is 0 Å². The molecule has 0 aliphatic carbocycles. The van der Waals surface area contributed by atoms with Crippen LogP contribution in [-0.4, -0.2) is 36.0 Å². The fourth-order valence-electron chi connectivity index (χ4n) is 3.12. The normalized spacial score (nSPS) is 14.6. The van der Waals surface area contributed by atoms with Crippen LogP contribution in [0.1, 0.15) is 36.2 Å². The Hall–Kier alpha value is -2.53. The number of carbonyl (C=O) groups excluding carboxylic acids is 2. The maximum atomic E-state index is 12.9. The molecule has 1 aliphatic heterocycles. The molecule has 1 N–H and O–H groups in total. The molecule has 2 aromatic rings. The summed E-state index contributed by atoms with van der Waals surface area (Å²) in [4.78, 5) is 28.6. The van der Waals surface area contributed by atoms with E-state index in [0.717, 1.165) is 24.2 Å². The minimum absolute atomic E-state index is 0.0180. The van der Waals surface area contributed by atoms with E-state index >= 15 is 0 Å². The highest BCUT2D eigenvalue weighted by molar-refractivity contribution is 6.30. The van der Waals surface area contributed by atoms with Crippen LogP contribution in [-0.2, 0) is 6.54 Å². The lowest BCUT2D eigenvalue weighted by Gasteiger charge is -2.35. The van der Waals surface area contributed by atoms with E-state index < -0.39 is 0 Å². The highest BCUT2D eigenvalue weighted by Gasteiger charge is 2.26. The fourth-order valence-corrected chi connectivity index (χ4v) is 3.24. The number of rotatable bonds is 5. The molecule has 0 unspecified atom stereocenters. The number of hydrogen-bond acceptors (Lipinski definition) is 2. The first-order valence-electron chi connectivity index (χ1n) is 9.16. The lowest BCUT2D eigenvalue weighted by Crippen LogP contribution is -2.49. The van der Waals surface area contributed by atoms with Crippen molar-refractivity contribution in [2.75, 3.05) is 18.0 Å². The van der Waals surface area contributed by atoms with Crippen LogP contribution in [0, 0.1) is 0 Å². The van der Waals surface area contributed by atoms with Crippen LogP contribution in [0.4, 0.5) is 10.5 Å². The van der Waals surface area contributed by atoms with Gasteiger partial charge < -0.3 is 10.2 Å². The van der Waals surface area contributed by atoms with Gasteiger partial charge in [-0.3, -0.25) is 9.69 Å². The number of benzene rings is 2. The largest absolute Gasteiger partial charge is 0.350 e. The molecule has 6 heteroatoms. The second-order valence-corrected chi connectivity index (χ2v) is 7.45. The second kappa shape index (κ2) is 8.44. The van der Waals surface area contributed by atoms with Gasteiger partial charge in [0, 0.05) is 41.9 Å². The van der Waals surface area contributed by atoms with E-state index in [1.165, 1.54) is 0 Å². The predicted molar refractivity (Wildman–Crippen MR) is 108 cm³/mol. The van der Waals surface area contributed by atoms with Crippen LogP contribution in [0.15, 0.2) is 48.5 Å². The fraction of sp³-hybridized carbons (Fsp3) is 0.333. The van der Waals surface area contributed by atoms with E-state index in [1.807, 2.05) is 55.1 Å². The van der Waals surface area contributed by atoms with Gasteiger partial charge in [-0.15, -0.1) is 0 Å². The van der Waals surface area contributed by atoms with E-state index in [2.05, 4.69) is 5.32 Å². The second-order valence-electron chi connectivity index (χ2n) is 7.01. The average Bonchev–Trinajstić information content (AvgIpc) is 2.65. The van der Waals surface area contributed by atoms with Crippen molar-refractivity contribution in [3.63, 3.8) is 0 Å². The summed E-state index contributed by atoms with van der Waals surface area (Å²) in [5.74, 6) is -0.106. The molecule has 0 atom stereocenters. The van der Waals surface area contributed by atoms with Crippen molar-refractivity contribution >= 4 is 29.2 Å². The first kappa shape index (κ1) is 19.2. The Balaban J connectivity index is 1.69. The van der Waals surface area contributed by atoms with E-state index in [-0.39, 0.29) is 18.0 Å². The molecular formula is C21H24ClN3O2. The molecule has 1 saturated heterocycles. The standard InChI is InChI=1S/C21H24ClN3O2/c1-15(2)23-20(26)17-6-10-19(11-7-17)25-13-3-12-24(21(25)27)14-16-4-8-18(22)9-5-16/h4-11,15H,3,12-14H2,1-2H3,(H,23,26). The molecule has 1 heterocycles. The van der Waals surface area contributed by atoms with E-state index in [0.29, 0.717) is 23.7 Å². The number of carbonyl (C=O) groups is 2. The van der Waals surface area contributed by atoms with Gasteiger partial charge in [-0.25, -0.2) is 4.79 Å². The minimum atomic E-state index is -0.106. The molecular weight excluding hydrogens is 362 g/mol. The Bertz CT molecular complexity index is 803. The van der Waals surface area contributed by atoms with Crippen LogP contribution < -0.4 is 10.2 Å². The van der Waals surface area contributed by atoms with E-state index in [4.69, 9.17) is 11.6 Å². The van der Waals surface area contributed by atoms with Gasteiger partial charge in [0.05, 0.1) is 0 Å². The monoisotopic (exact) mass is 385 g/mol. The molecule has 0 bridgehead atoms. The van der Waals surface area contributed by atoms with Crippen LogP contribution in [0.5, 0.6) is 0 Å². The van der Waals surface area contributed by atoms with Gasteiger partial charge in [0.15, 0.2) is 0 Å². The molecule has 3 amide bonds. The van der Waals surface area contributed by atoms with Crippen molar-refractivity contribution in [3.05, 3.63) is 64.7 Å². The molecule has 0 saturated carbocycles. The lowest BCUT2D eigenvalue weighted by atomic mass is 10.1. The first-order valence-corrected chi connectivity index (χ1v) is 9.53. The summed E-state index contributed by atoms with van der Waals surface area (Å²) < 4.78 is 0. The number of halogens is 1. The van der Waals surface area contributed by atoms with Gasteiger partial charge >= 0.3 is 6.03 Å². The van der Waals surface area contributed by atoms with Gasteiger partial charge in [-0.2, -0.15) is 0 Å². The molecule has 5 nitrogen and oxygen atoms in total. The van der Waals surface area contributed by atoms with E-state index in [9.17, 15) is 9.59 Å². The summed E-state index contributed by atoms with van der Waals surface area (Å²) in [5, 5.41) is 3.55. The van der Waals surface area contributed by atoms with Crippen molar-refractivity contribution < 1.29 is 9.59 Å². The smallest absolute Gasteiger partial charge is 0.324 e. The van der Waals surface area contributed by atoms with Gasteiger partial charge in [0.25, 0.3) is 5.91 Å². The number of anilines is 1. The van der Waals surface area contributed by atoms with Crippen LogP contribution >= 0.6 is 11.6 Å². The van der Waals surface area contributed by atoms with Gasteiger partial charge in [0.2, 0.25) is 0 Å². The number of urea groups is 1. The molecule has 1 fully saturated rings. The average molecular weight is 386 g/mol. The third kappa shape index (κ3) is 4.80. The molecule has 0 spiro atoms. The topological polar surface area (TPSA) is 52.7 Å². The summed E-state index contributed by atoms with van der Waals surface area (Å²) in [6.45, 7) is 5.81. The summed E-state index contributed by atoms with van der Waals surface area (Å²) >= 11 is 5.93. The van der Waals surface area contributed by atoms with Gasteiger partial charge in [-0.05, 0) is 62.2 Å². The maximum Gasteiger partial charge on any atom is 0.324 e. The summed E-state index contributed by atoms with van der Waals surface area (Å²) in [6, 6.07) is 14.8. The molecule has 0 aromatic heterocycles. The van der Waals surface area contributed by atoms with Gasteiger partial charge in [-0.1, -0.05) is 23.7 Å². The number of nitrogens with zero attached hydrogens (tertiary/aromatic N) is 2. The van der Waals surface area contributed by atoms with Crippen molar-refractivity contribution in [1.82, 2.24) is 10.2 Å². The summed E-state index contributed by atoms with van der Waals surface area (Å²) in [7, 11) is 0. The predicted octanol–water partition coefficient (Wildman–Crippen LogP) is 4.31. The molecule has 3 rings (SSSR count). The van der Waals surface area contributed by atoms with Crippen molar-refractivity contribution in [3.8, 4) is 0 Å². The highest BCUT2D eigenvalue weighted by Crippen LogP contribution is 2.22.